The van der Waals surface area contributed by atoms with Crippen LogP contribution in [-0.4, -0.2) is 154 Å². The molecule has 0 aliphatic carbocycles. The number of primary amides is 2. The highest BCUT2D eigenvalue weighted by Gasteiger charge is 2.37. The maximum atomic E-state index is 13.5. The number of carboxylic acid groups (broad SMARTS) is 1. The Balaban J connectivity index is 6.29. The van der Waals surface area contributed by atoms with Crippen molar-refractivity contribution >= 4 is 53.4 Å². The lowest BCUT2D eigenvalue weighted by Crippen LogP contribution is -2.62. The molecule has 336 valence electrons. The van der Waals surface area contributed by atoms with Crippen molar-refractivity contribution in [2.45, 2.75) is 127 Å². The normalized spacial score (nSPS) is 15.2. The largest absolute Gasteiger partial charge is 0.479 e. The summed E-state index contributed by atoms with van der Waals surface area (Å²) in [6, 6.07) is -10.8. The zero-order valence-corrected chi connectivity index (χ0v) is 33.3. The number of carbonyl (C=O) groups is 9. The van der Waals surface area contributed by atoms with Gasteiger partial charge in [-0.2, -0.15) is 0 Å². The molecule has 0 heterocycles. The van der Waals surface area contributed by atoms with Gasteiger partial charge in [-0.05, 0) is 45.1 Å². The van der Waals surface area contributed by atoms with Crippen LogP contribution < -0.4 is 54.4 Å². The molecule has 2 unspecified atom stereocenters. The molecule has 59 heavy (non-hydrogen) atoms. The highest BCUT2D eigenvalue weighted by molar-refractivity contribution is 5.98. The van der Waals surface area contributed by atoms with E-state index in [1.165, 1.54) is 13.0 Å². The maximum absolute atomic E-state index is 13.5. The first kappa shape index (κ1) is 53.6. The van der Waals surface area contributed by atoms with Gasteiger partial charge in [0.1, 0.15) is 30.2 Å². The lowest BCUT2D eigenvalue weighted by Gasteiger charge is -2.27. The van der Waals surface area contributed by atoms with Crippen molar-refractivity contribution in [1.29, 1.82) is 0 Å². The van der Waals surface area contributed by atoms with Crippen LogP contribution in [0.25, 0.3) is 0 Å². The Morgan fingerprint density at radius 2 is 1.25 bits per heavy atom. The third kappa shape index (κ3) is 22.9. The number of nitrogens with two attached hydrogens (primary N) is 3. The number of aliphatic hydroxyl groups is 4. The Morgan fingerprint density at radius 1 is 0.661 bits per heavy atom. The summed E-state index contributed by atoms with van der Waals surface area (Å²) in [5.74, 6) is -9.41. The molecule has 9 amide bonds. The topological polar surface area (TPSA) is 417 Å². The van der Waals surface area contributed by atoms with Gasteiger partial charge in [0.2, 0.25) is 41.4 Å². The van der Waals surface area contributed by atoms with Gasteiger partial charge in [0.05, 0.1) is 25.4 Å². The number of urea groups is 1. The van der Waals surface area contributed by atoms with Crippen molar-refractivity contribution in [2.24, 2.45) is 17.2 Å². The molecule has 0 aliphatic heterocycles. The van der Waals surface area contributed by atoms with Crippen molar-refractivity contribution in [3.05, 3.63) is 12.2 Å². The van der Waals surface area contributed by atoms with Crippen molar-refractivity contribution in [1.82, 2.24) is 37.2 Å². The van der Waals surface area contributed by atoms with E-state index >= 15 is 0 Å². The summed E-state index contributed by atoms with van der Waals surface area (Å²) >= 11 is 0. The van der Waals surface area contributed by atoms with E-state index in [1.54, 1.807) is 6.08 Å². The van der Waals surface area contributed by atoms with Crippen LogP contribution in [0.1, 0.15) is 78.1 Å². The number of allylic oxidation sites excluding steroid dienone is 1. The molecular weight excluding hydrogens is 784 g/mol. The van der Waals surface area contributed by atoms with Crippen molar-refractivity contribution in [3.63, 3.8) is 0 Å². The number of aliphatic hydroxyl groups excluding tert-OH is 4. The summed E-state index contributed by atoms with van der Waals surface area (Å²) < 4.78 is 0. The fraction of sp³-hybridized carbons (Fsp3) is 0.686. The maximum Gasteiger partial charge on any atom is 0.335 e. The molecule has 0 radical (unpaired) electrons. The third-order valence-electron chi connectivity index (χ3n) is 8.51. The van der Waals surface area contributed by atoms with E-state index in [-0.39, 0.29) is 19.4 Å². The molecule has 0 saturated heterocycles. The van der Waals surface area contributed by atoms with Gasteiger partial charge in [0, 0.05) is 19.5 Å². The summed E-state index contributed by atoms with van der Waals surface area (Å²) in [7, 11) is 0. The predicted molar refractivity (Wildman–Crippen MR) is 208 cm³/mol. The number of unbranched alkanes of at least 4 members (excludes halogenated alkanes) is 5. The lowest BCUT2D eigenvalue weighted by atomic mass is 10.1. The first-order valence-electron chi connectivity index (χ1n) is 19.1. The molecule has 8 atom stereocenters. The Morgan fingerprint density at radius 3 is 1.81 bits per heavy atom. The first-order chi connectivity index (χ1) is 27.8. The second kappa shape index (κ2) is 29.7. The fourth-order valence-electron chi connectivity index (χ4n) is 5.13. The van der Waals surface area contributed by atoms with Gasteiger partial charge in [0.25, 0.3) is 0 Å². The molecule has 0 bridgehead atoms. The SMILES string of the molecule is CCCCCCC/C=C\C(=O)N[C@H](CCCNC(N)=O)C(=O)N[C@@H](CO)C(=O)N[C@@H](CCNC(=O)[C@@H](N)C(C)O)C(=O)N[C@H](C(=O)N[C@H](CO)CC(N)=O)C(O)C(=O)O. The minimum absolute atomic E-state index is 0.0172. The highest BCUT2D eigenvalue weighted by atomic mass is 16.4. The predicted octanol–water partition coefficient (Wildman–Crippen LogP) is -5.70. The average molecular weight is 847 g/mol. The van der Waals surface area contributed by atoms with Crippen molar-refractivity contribution in [3.8, 4) is 0 Å². The number of nitrogens with one attached hydrogen (secondary N) is 7. The molecule has 0 spiro atoms. The molecule has 0 rings (SSSR count). The van der Waals surface area contributed by atoms with E-state index in [9.17, 15) is 68.7 Å². The van der Waals surface area contributed by atoms with E-state index in [4.69, 9.17) is 17.2 Å². The van der Waals surface area contributed by atoms with Gasteiger partial charge < -0.3 is 80.0 Å². The number of amides is 9. The summed E-state index contributed by atoms with van der Waals surface area (Å²) in [5, 5.41) is 64.6. The Bertz CT molecular complexity index is 1430. The Kier molecular flexibility index (Phi) is 27.0. The van der Waals surface area contributed by atoms with Crippen LogP contribution in [0.2, 0.25) is 0 Å². The van der Waals surface area contributed by atoms with Crippen molar-refractivity contribution < 1.29 is 68.7 Å². The number of hydrogen-bond donors (Lipinski definition) is 15. The van der Waals surface area contributed by atoms with Crippen LogP contribution in [0.4, 0.5) is 4.79 Å². The van der Waals surface area contributed by atoms with Crippen LogP contribution in [0.15, 0.2) is 12.2 Å². The van der Waals surface area contributed by atoms with Gasteiger partial charge in [-0.25, -0.2) is 9.59 Å². The molecule has 0 aromatic rings. The molecule has 0 aromatic carbocycles. The minimum atomic E-state index is -2.62. The van der Waals surface area contributed by atoms with E-state index < -0.39 is 134 Å². The average Bonchev–Trinajstić information content (AvgIpc) is 3.17. The zero-order valence-electron chi connectivity index (χ0n) is 33.3. The van der Waals surface area contributed by atoms with E-state index in [1.807, 2.05) is 5.32 Å². The number of hydrogen-bond acceptors (Lipinski definition) is 14. The molecule has 24 nitrogen and oxygen atoms in total. The van der Waals surface area contributed by atoms with Gasteiger partial charge >= 0.3 is 12.0 Å². The Labute approximate surface area is 341 Å². The van der Waals surface area contributed by atoms with Crippen LogP contribution in [0.5, 0.6) is 0 Å². The van der Waals surface area contributed by atoms with Gasteiger partial charge in [-0.1, -0.05) is 38.7 Å². The number of carboxylic acids is 1. The van der Waals surface area contributed by atoms with Crippen LogP contribution >= 0.6 is 0 Å². The smallest absolute Gasteiger partial charge is 0.335 e. The van der Waals surface area contributed by atoms with Gasteiger partial charge in [0.15, 0.2) is 6.10 Å². The molecule has 0 fully saturated rings. The lowest BCUT2D eigenvalue weighted by molar-refractivity contribution is -0.152. The summed E-state index contributed by atoms with van der Waals surface area (Å²) in [5.41, 5.74) is 15.8. The first-order valence-corrected chi connectivity index (χ1v) is 19.1. The van der Waals surface area contributed by atoms with E-state index in [0.29, 0.717) is 6.42 Å². The number of aliphatic carboxylic acids is 1. The summed E-state index contributed by atoms with van der Waals surface area (Å²) in [6.07, 6.45) is 3.51. The summed E-state index contributed by atoms with van der Waals surface area (Å²) in [4.78, 5) is 113. The number of carbonyl (C=O) groups excluding carboxylic acids is 8. The highest BCUT2D eigenvalue weighted by Crippen LogP contribution is 2.07. The molecule has 0 saturated carbocycles. The molecule has 24 heteroatoms. The minimum Gasteiger partial charge on any atom is -0.479 e. The second-order valence-electron chi connectivity index (χ2n) is 13.6. The fourth-order valence-corrected chi connectivity index (χ4v) is 5.13. The molecule has 0 aliphatic rings. The molecule has 0 aromatic heterocycles. The molecule has 18 N–H and O–H groups in total. The van der Waals surface area contributed by atoms with Crippen LogP contribution in [0.3, 0.4) is 0 Å². The van der Waals surface area contributed by atoms with Crippen molar-refractivity contribution in [2.75, 3.05) is 26.3 Å². The number of rotatable bonds is 31. The monoisotopic (exact) mass is 846 g/mol. The van der Waals surface area contributed by atoms with Gasteiger partial charge in [-0.15, -0.1) is 0 Å². The van der Waals surface area contributed by atoms with Crippen LogP contribution in [0, 0.1) is 0 Å². The standard InChI is InChI=1S/C35H62N10O14/c1-3-4-5-6-7-8-9-12-25(50)42-21(11-10-14-40-35(38)59)29(52)44-23(18-47)31(54)43-22(13-15-39-32(55)26(37)19(2)48)30(53)45-27(28(51)34(57)58)33(56)41-20(17-46)16-24(36)49/h9,12,19-23,26-28,46-48,51H,3-8,10-11,13-18,37H2,1-2H3,(H2,36,49)(H,39,55)(H,41,56)(H,42,50)(H,43,54)(H,44,52)(H,45,53)(H,57,58)(H3,38,40,59)/b12-9-/t19?,20-,21+,22-,23-,26-,27-,28?/m0/s1. The zero-order chi connectivity index (χ0) is 45.1. The van der Waals surface area contributed by atoms with E-state index in [2.05, 4.69) is 38.8 Å². The third-order valence-corrected chi connectivity index (χ3v) is 8.51. The quantitative estimate of drug-likeness (QED) is 0.0228. The second-order valence-corrected chi connectivity index (χ2v) is 13.6. The Hall–Kier alpha value is -5.43. The van der Waals surface area contributed by atoms with Crippen LogP contribution in [-0.2, 0) is 38.4 Å². The van der Waals surface area contributed by atoms with Gasteiger partial charge in [-0.3, -0.25) is 33.6 Å². The summed E-state index contributed by atoms with van der Waals surface area (Å²) in [6.45, 7) is 0.957. The van der Waals surface area contributed by atoms with E-state index in [0.717, 1.165) is 32.1 Å². The molecular formula is C35H62N10O14.